The summed E-state index contributed by atoms with van der Waals surface area (Å²) < 4.78 is 5.84. The van der Waals surface area contributed by atoms with E-state index < -0.39 is 6.10 Å². The summed E-state index contributed by atoms with van der Waals surface area (Å²) in [6, 6.07) is 5.53. The van der Waals surface area contributed by atoms with Gasteiger partial charge in [0.25, 0.3) is 5.91 Å². The highest BCUT2D eigenvalue weighted by Gasteiger charge is 2.35. The molecule has 4 nitrogen and oxygen atoms in total. The van der Waals surface area contributed by atoms with Gasteiger partial charge >= 0.3 is 0 Å². The molecule has 110 valence electrons. The second-order valence-corrected chi connectivity index (χ2v) is 5.59. The third kappa shape index (κ3) is 2.80. The lowest BCUT2D eigenvalue weighted by molar-refractivity contribution is -0.128. The van der Waals surface area contributed by atoms with E-state index in [1.807, 2.05) is 36.9 Å². The topological polar surface area (TPSA) is 49.8 Å². The van der Waals surface area contributed by atoms with E-state index in [2.05, 4.69) is 6.92 Å². The van der Waals surface area contributed by atoms with Crippen LogP contribution in [0.25, 0.3) is 0 Å². The molecule has 0 saturated carbocycles. The smallest absolute Gasteiger partial charge is 0.268 e. The molecule has 1 heterocycles. The first-order valence-electron chi connectivity index (χ1n) is 7.30. The van der Waals surface area contributed by atoms with Gasteiger partial charge < -0.3 is 14.7 Å². The number of aliphatic hydroxyl groups is 1. The number of fused-ring (bicyclic) bond motifs is 1. The zero-order valence-electron chi connectivity index (χ0n) is 12.4. The highest BCUT2D eigenvalue weighted by molar-refractivity contribution is 6.00. The molecule has 0 saturated heterocycles. The highest BCUT2D eigenvalue weighted by Crippen LogP contribution is 2.36. The molecule has 1 amide bonds. The van der Waals surface area contributed by atoms with Crippen molar-refractivity contribution in [2.24, 2.45) is 5.92 Å². The van der Waals surface area contributed by atoms with Crippen LogP contribution < -0.4 is 9.64 Å². The van der Waals surface area contributed by atoms with Gasteiger partial charge in [-0.1, -0.05) is 33.3 Å². The van der Waals surface area contributed by atoms with E-state index >= 15 is 0 Å². The van der Waals surface area contributed by atoms with E-state index in [0.29, 0.717) is 6.54 Å². The predicted octanol–water partition coefficient (Wildman–Crippen LogP) is 2.73. The van der Waals surface area contributed by atoms with Crippen molar-refractivity contribution in [1.29, 1.82) is 0 Å². The summed E-state index contributed by atoms with van der Waals surface area (Å²) in [5.74, 6) is 0.893. The molecular weight excluding hydrogens is 254 g/mol. The Hall–Kier alpha value is -1.55. The van der Waals surface area contributed by atoms with Crippen LogP contribution in [0.3, 0.4) is 0 Å². The first-order chi connectivity index (χ1) is 9.58. The third-order valence-corrected chi connectivity index (χ3v) is 3.60. The fourth-order valence-corrected chi connectivity index (χ4v) is 2.40. The first kappa shape index (κ1) is 14.9. The fraction of sp³-hybridized carbons (Fsp3) is 0.562. The number of anilines is 1. The quantitative estimate of drug-likeness (QED) is 0.900. The molecule has 20 heavy (non-hydrogen) atoms. The Balaban J connectivity index is 2.39. The molecule has 1 aliphatic rings. The number of rotatable bonds is 5. The lowest BCUT2D eigenvalue weighted by Gasteiger charge is -2.36. The second-order valence-electron chi connectivity index (χ2n) is 5.59. The molecule has 0 bridgehead atoms. The predicted molar refractivity (Wildman–Crippen MR) is 78.9 cm³/mol. The largest absolute Gasteiger partial charge is 0.478 e. The van der Waals surface area contributed by atoms with Crippen LogP contribution in [0.4, 0.5) is 5.69 Å². The Morgan fingerprint density at radius 3 is 2.75 bits per heavy atom. The number of carbonyl (C=O) groups excluding carboxylic acids is 1. The Morgan fingerprint density at radius 1 is 1.40 bits per heavy atom. The summed E-state index contributed by atoms with van der Waals surface area (Å²) >= 11 is 0. The molecule has 0 fully saturated rings. The van der Waals surface area contributed by atoms with Crippen molar-refractivity contribution < 1.29 is 14.6 Å². The van der Waals surface area contributed by atoms with Crippen LogP contribution in [-0.2, 0) is 11.4 Å². The number of carbonyl (C=O) groups is 1. The van der Waals surface area contributed by atoms with Crippen molar-refractivity contribution in [1.82, 2.24) is 0 Å². The number of hydrogen-bond acceptors (Lipinski definition) is 3. The fourth-order valence-electron chi connectivity index (χ4n) is 2.40. The van der Waals surface area contributed by atoms with Gasteiger partial charge in [-0.15, -0.1) is 0 Å². The van der Waals surface area contributed by atoms with Crippen molar-refractivity contribution in [3.63, 3.8) is 0 Å². The Labute approximate surface area is 120 Å². The minimum atomic E-state index is -0.417. The van der Waals surface area contributed by atoms with Crippen LogP contribution in [0.2, 0.25) is 0 Å². The van der Waals surface area contributed by atoms with Crippen LogP contribution in [0.15, 0.2) is 18.2 Å². The molecule has 1 aliphatic heterocycles. The monoisotopic (exact) mass is 277 g/mol. The Bertz CT molecular complexity index is 485. The number of nitrogens with zero attached hydrogens (tertiary/aromatic N) is 1. The van der Waals surface area contributed by atoms with Crippen molar-refractivity contribution in [2.45, 2.75) is 46.3 Å². The van der Waals surface area contributed by atoms with Crippen molar-refractivity contribution in [3.05, 3.63) is 23.8 Å². The van der Waals surface area contributed by atoms with Gasteiger partial charge in [-0.2, -0.15) is 0 Å². The lowest BCUT2D eigenvalue weighted by atomic mass is 10.0. The zero-order valence-corrected chi connectivity index (χ0v) is 12.4. The van der Waals surface area contributed by atoms with Crippen molar-refractivity contribution >= 4 is 11.6 Å². The summed E-state index contributed by atoms with van der Waals surface area (Å²) in [6.45, 7) is 6.76. The van der Waals surface area contributed by atoms with Crippen molar-refractivity contribution in [2.75, 3.05) is 11.4 Å². The maximum atomic E-state index is 12.6. The molecule has 4 heteroatoms. The molecule has 0 spiro atoms. The van der Waals surface area contributed by atoms with Crippen LogP contribution in [0.5, 0.6) is 5.75 Å². The summed E-state index contributed by atoms with van der Waals surface area (Å²) in [7, 11) is 0. The Morgan fingerprint density at radius 2 is 2.15 bits per heavy atom. The molecule has 1 aromatic carbocycles. The van der Waals surface area contributed by atoms with Gasteiger partial charge in [0.15, 0.2) is 6.10 Å². The normalized spacial score (nSPS) is 18.1. The van der Waals surface area contributed by atoms with Gasteiger partial charge in [-0.05, 0) is 30.0 Å². The number of unbranched alkanes of at least 4 members (excludes halogenated alkanes) is 1. The summed E-state index contributed by atoms with van der Waals surface area (Å²) in [5, 5.41) is 9.26. The maximum absolute atomic E-state index is 12.6. The standard InChI is InChI=1S/C16H23NO3/c1-4-5-8-17-13-9-12(10-18)6-7-14(13)20-15(11(2)3)16(17)19/h6-7,9,11,15,18H,4-5,8,10H2,1-3H3. The van der Waals surface area contributed by atoms with Crippen LogP contribution in [0, 0.1) is 5.92 Å². The zero-order chi connectivity index (χ0) is 14.7. The van der Waals surface area contributed by atoms with Gasteiger partial charge in [0.05, 0.1) is 12.3 Å². The minimum Gasteiger partial charge on any atom is -0.478 e. The number of hydrogen-bond donors (Lipinski definition) is 1. The average molecular weight is 277 g/mol. The van der Waals surface area contributed by atoms with Gasteiger partial charge in [-0.25, -0.2) is 0 Å². The molecule has 1 aromatic rings. The molecule has 1 N–H and O–H groups in total. The van der Waals surface area contributed by atoms with Gasteiger partial charge in [0.1, 0.15) is 5.75 Å². The van der Waals surface area contributed by atoms with E-state index in [4.69, 9.17) is 4.74 Å². The van der Waals surface area contributed by atoms with Gasteiger partial charge in [0, 0.05) is 6.54 Å². The van der Waals surface area contributed by atoms with Crippen molar-refractivity contribution in [3.8, 4) is 5.75 Å². The molecule has 2 rings (SSSR count). The first-order valence-corrected chi connectivity index (χ1v) is 7.30. The minimum absolute atomic E-state index is 0.0241. The molecule has 1 atom stereocenters. The van der Waals surface area contributed by atoms with E-state index in [1.165, 1.54) is 0 Å². The number of ether oxygens (including phenoxy) is 1. The SMILES string of the molecule is CCCCN1C(=O)C(C(C)C)Oc2ccc(CO)cc21. The number of amides is 1. The van der Waals surface area contributed by atoms with E-state index in [-0.39, 0.29) is 18.4 Å². The molecule has 0 aromatic heterocycles. The highest BCUT2D eigenvalue weighted by atomic mass is 16.5. The summed E-state index contributed by atoms with van der Waals surface area (Å²) in [4.78, 5) is 14.4. The van der Waals surface area contributed by atoms with Gasteiger partial charge in [-0.3, -0.25) is 4.79 Å². The van der Waals surface area contributed by atoms with Gasteiger partial charge in [0.2, 0.25) is 0 Å². The summed E-state index contributed by atoms with van der Waals surface area (Å²) in [5.41, 5.74) is 1.58. The van der Waals surface area contributed by atoms with E-state index in [1.54, 1.807) is 0 Å². The molecule has 0 radical (unpaired) electrons. The van der Waals surface area contributed by atoms with Crippen LogP contribution in [0.1, 0.15) is 39.2 Å². The molecule has 1 unspecified atom stereocenters. The maximum Gasteiger partial charge on any atom is 0.268 e. The summed E-state index contributed by atoms with van der Waals surface area (Å²) in [6.07, 6.45) is 1.57. The van der Waals surface area contributed by atoms with E-state index in [9.17, 15) is 9.90 Å². The van der Waals surface area contributed by atoms with E-state index in [0.717, 1.165) is 29.8 Å². The van der Waals surface area contributed by atoms with Crippen LogP contribution >= 0.6 is 0 Å². The number of benzene rings is 1. The second kappa shape index (κ2) is 6.27. The number of aliphatic hydroxyl groups excluding tert-OH is 1. The molecular formula is C16H23NO3. The lowest BCUT2D eigenvalue weighted by Crippen LogP contribution is -2.48. The average Bonchev–Trinajstić information content (AvgIpc) is 2.45. The van der Waals surface area contributed by atoms with Crippen LogP contribution in [-0.4, -0.2) is 23.7 Å². The third-order valence-electron chi connectivity index (χ3n) is 3.60. The Kier molecular flexibility index (Phi) is 4.65. The molecule has 0 aliphatic carbocycles.